The molecule has 0 radical (unpaired) electrons. The van der Waals surface area contributed by atoms with Gasteiger partial charge in [-0.15, -0.1) is 0 Å². The van der Waals surface area contributed by atoms with Gasteiger partial charge in [0, 0.05) is 11.8 Å². The largest absolute Gasteiger partial charge is 0.508 e. The second kappa shape index (κ2) is 9.62. The third-order valence-electron chi connectivity index (χ3n) is 5.72. The minimum Gasteiger partial charge on any atom is -0.508 e. The first-order chi connectivity index (χ1) is 17.1. The summed E-state index contributed by atoms with van der Waals surface area (Å²) < 4.78 is 48.2. The number of ether oxygens (including phenoxy) is 1. The maximum atomic E-state index is 13.8. The third-order valence-corrected chi connectivity index (χ3v) is 5.72. The van der Waals surface area contributed by atoms with Crippen molar-refractivity contribution in [3.63, 3.8) is 0 Å². The molecular weight excluding hydrogens is 469 g/mol. The second-order valence-electron chi connectivity index (χ2n) is 8.35. The number of pyridine rings is 1. The zero-order chi connectivity index (χ0) is 26.0. The van der Waals surface area contributed by atoms with Crippen molar-refractivity contribution in [2.24, 2.45) is 0 Å². The molecule has 0 aliphatic rings. The number of aromatic hydroxyl groups is 1. The first-order valence-corrected chi connectivity index (χ1v) is 10.9. The molecule has 0 saturated carbocycles. The molecule has 1 aromatic heterocycles. The number of aryl methyl sites for hydroxylation is 2. The molecule has 3 aromatic carbocycles. The SMILES string of the molecule is [C-]#[N+]c1c(C(F)(F)F)cc(-c2ccc(Oc3cccc(O)c3)cc2)n(Cc2ccc(C)cc2C)c1=O. The number of halogens is 3. The van der Waals surface area contributed by atoms with Gasteiger partial charge in [-0.2, -0.15) is 13.2 Å². The summed E-state index contributed by atoms with van der Waals surface area (Å²) in [4.78, 5) is 16.1. The Hall–Kier alpha value is -4.51. The molecule has 0 spiro atoms. The number of alkyl halides is 3. The summed E-state index contributed by atoms with van der Waals surface area (Å²) >= 11 is 0. The van der Waals surface area contributed by atoms with Crippen LogP contribution in [0.1, 0.15) is 22.3 Å². The van der Waals surface area contributed by atoms with Crippen molar-refractivity contribution in [1.29, 1.82) is 0 Å². The molecule has 0 aliphatic carbocycles. The van der Waals surface area contributed by atoms with Crippen molar-refractivity contribution in [2.45, 2.75) is 26.6 Å². The molecule has 0 bridgehead atoms. The number of phenolic OH excluding ortho intramolecular Hbond substituents is 1. The lowest BCUT2D eigenvalue weighted by Gasteiger charge is -2.19. The minimum absolute atomic E-state index is 0.00246. The van der Waals surface area contributed by atoms with E-state index in [2.05, 4.69) is 4.85 Å². The van der Waals surface area contributed by atoms with Crippen molar-refractivity contribution in [3.05, 3.63) is 117 Å². The van der Waals surface area contributed by atoms with Gasteiger partial charge in [0.1, 0.15) is 17.2 Å². The summed E-state index contributed by atoms with van der Waals surface area (Å²) in [6, 6.07) is 18.8. The van der Waals surface area contributed by atoms with Gasteiger partial charge in [0.05, 0.1) is 18.7 Å². The second-order valence-corrected chi connectivity index (χ2v) is 8.35. The van der Waals surface area contributed by atoms with Crippen LogP contribution in [0.4, 0.5) is 18.9 Å². The molecular formula is C28H21F3N2O3. The van der Waals surface area contributed by atoms with Gasteiger partial charge in [0.15, 0.2) is 0 Å². The first-order valence-electron chi connectivity index (χ1n) is 10.9. The number of rotatable bonds is 5. The van der Waals surface area contributed by atoms with E-state index >= 15 is 0 Å². The Labute approximate surface area is 205 Å². The molecule has 0 fully saturated rings. The standard InChI is InChI=1S/C28H21F3N2O3/c1-17-7-8-20(18(2)13-17)16-33-25(15-24(28(29,30)31)26(32-3)27(33)35)19-9-11-22(12-10-19)36-23-6-4-5-21(34)14-23/h4-15,34H,16H2,1-2H3. The van der Waals surface area contributed by atoms with Gasteiger partial charge in [0.25, 0.3) is 11.2 Å². The molecule has 0 atom stereocenters. The third kappa shape index (κ3) is 5.10. The summed E-state index contributed by atoms with van der Waals surface area (Å²) in [5, 5.41) is 9.61. The van der Waals surface area contributed by atoms with E-state index in [1.807, 2.05) is 32.0 Å². The number of nitrogens with zero attached hydrogens (tertiary/aromatic N) is 2. The van der Waals surface area contributed by atoms with E-state index in [-0.39, 0.29) is 18.0 Å². The number of benzene rings is 3. The molecule has 0 aliphatic heterocycles. The number of phenols is 1. The Balaban J connectivity index is 1.83. The highest BCUT2D eigenvalue weighted by molar-refractivity contribution is 5.67. The van der Waals surface area contributed by atoms with Crippen LogP contribution in [0.3, 0.4) is 0 Å². The van der Waals surface area contributed by atoms with Crippen LogP contribution in [0.2, 0.25) is 0 Å². The van der Waals surface area contributed by atoms with Gasteiger partial charge in [-0.05, 0) is 73.0 Å². The van der Waals surface area contributed by atoms with Gasteiger partial charge in [-0.1, -0.05) is 29.8 Å². The van der Waals surface area contributed by atoms with Crippen LogP contribution in [0.5, 0.6) is 17.2 Å². The van der Waals surface area contributed by atoms with Crippen LogP contribution < -0.4 is 10.3 Å². The predicted molar refractivity (Wildman–Crippen MR) is 131 cm³/mol. The Bertz CT molecular complexity index is 1530. The fourth-order valence-electron chi connectivity index (χ4n) is 3.93. The number of hydrogen-bond donors (Lipinski definition) is 1. The molecule has 4 rings (SSSR count). The van der Waals surface area contributed by atoms with Crippen molar-refractivity contribution < 1.29 is 23.0 Å². The lowest BCUT2D eigenvalue weighted by atomic mass is 10.0. The first kappa shape index (κ1) is 24.6. The number of aromatic nitrogens is 1. The molecule has 4 aromatic rings. The van der Waals surface area contributed by atoms with E-state index in [4.69, 9.17) is 11.3 Å². The highest BCUT2D eigenvalue weighted by Crippen LogP contribution is 2.37. The quantitative estimate of drug-likeness (QED) is 0.300. The van der Waals surface area contributed by atoms with Crippen molar-refractivity contribution >= 4 is 5.69 Å². The normalized spacial score (nSPS) is 11.2. The van der Waals surface area contributed by atoms with Crippen molar-refractivity contribution in [1.82, 2.24) is 4.57 Å². The molecule has 0 unspecified atom stereocenters. The van der Waals surface area contributed by atoms with Crippen molar-refractivity contribution in [2.75, 3.05) is 0 Å². The van der Waals surface area contributed by atoms with Crippen LogP contribution in [0.25, 0.3) is 16.1 Å². The van der Waals surface area contributed by atoms with Crippen LogP contribution in [0, 0.1) is 20.4 Å². The van der Waals surface area contributed by atoms with E-state index in [1.165, 1.54) is 16.7 Å². The van der Waals surface area contributed by atoms with Crippen LogP contribution in [0.15, 0.2) is 77.6 Å². The van der Waals surface area contributed by atoms with E-state index in [9.17, 15) is 23.1 Å². The number of hydrogen-bond acceptors (Lipinski definition) is 3. The van der Waals surface area contributed by atoms with Crippen LogP contribution >= 0.6 is 0 Å². The average Bonchev–Trinajstić information content (AvgIpc) is 2.81. The van der Waals surface area contributed by atoms with Gasteiger partial charge in [0.2, 0.25) is 0 Å². The molecule has 1 heterocycles. The molecule has 0 saturated heterocycles. The molecule has 36 heavy (non-hydrogen) atoms. The van der Waals surface area contributed by atoms with E-state index in [0.717, 1.165) is 22.8 Å². The van der Waals surface area contributed by atoms with Crippen LogP contribution in [-0.4, -0.2) is 9.67 Å². The Kier molecular flexibility index (Phi) is 6.58. The van der Waals surface area contributed by atoms with E-state index in [0.29, 0.717) is 17.1 Å². The Morgan fingerprint density at radius 2 is 1.69 bits per heavy atom. The fourth-order valence-corrected chi connectivity index (χ4v) is 3.93. The maximum Gasteiger partial charge on any atom is 0.407 e. The summed E-state index contributed by atoms with van der Waals surface area (Å²) in [5.41, 5.74) is -0.203. The monoisotopic (exact) mass is 490 g/mol. The van der Waals surface area contributed by atoms with Crippen LogP contribution in [-0.2, 0) is 12.7 Å². The predicted octanol–water partition coefficient (Wildman–Crippen LogP) is 7.25. The highest BCUT2D eigenvalue weighted by atomic mass is 19.4. The zero-order valence-electron chi connectivity index (χ0n) is 19.4. The summed E-state index contributed by atoms with van der Waals surface area (Å²) in [7, 11) is 0. The zero-order valence-corrected chi connectivity index (χ0v) is 19.4. The molecule has 182 valence electrons. The maximum absolute atomic E-state index is 13.8. The smallest absolute Gasteiger partial charge is 0.407 e. The van der Waals surface area contributed by atoms with Gasteiger partial charge in [-0.25, -0.2) is 4.85 Å². The summed E-state index contributed by atoms with van der Waals surface area (Å²) in [6.07, 6.45) is -4.87. The minimum atomic E-state index is -4.87. The van der Waals surface area contributed by atoms with E-state index < -0.39 is 23.0 Å². The summed E-state index contributed by atoms with van der Waals surface area (Å²) in [6.45, 7) is 11.0. The molecule has 5 nitrogen and oxygen atoms in total. The average molecular weight is 490 g/mol. The highest BCUT2D eigenvalue weighted by Gasteiger charge is 2.36. The van der Waals surface area contributed by atoms with Crippen molar-refractivity contribution in [3.8, 4) is 28.5 Å². The lowest BCUT2D eigenvalue weighted by molar-refractivity contribution is -0.136. The Morgan fingerprint density at radius 1 is 0.972 bits per heavy atom. The van der Waals surface area contributed by atoms with Gasteiger partial charge < -0.3 is 14.4 Å². The summed E-state index contributed by atoms with van der Waals surface area (Å²) in [5.74, 6) is 0.802. The van der Waals surface area contributed by atoms with E-state index in [1.54, 1.807) is 36.4 Å². The molecule has 0 amide bonds. The topological polar surface area (TPSA) is 55.8 Å². The van der Waals surface area contributed by atoms with Gasteiger partial charge in [-0.3, -0.25) is 4.79 Å². The van der Waals surface area contributed by atoms with Gasteiger partial charge >= 0.3 is 6.18 Å². The molecule has 8 heteroatoms. The fraction of sp³-hybridized carbons (Fsp3) is 0.143. The Morgan fingerprint density at radius 3 is 2.31 bits per heavy atom. The molecule has 1 N–H and O–H groups in total. The lowest BCUT2D eigenvalue weighted by Crippen LogP contribution is -2.25.